The number of furan rings is 1. The van der Waals surface area contributed by atoms with E-state index in [1.807, 2.05) is 78.9 Å². The first-order valence-electron chi connectivity index (χ1n) is 15.3. The summed E-state index contributed by atoms with van der Waals surface area (Å²) < 4.78 is 40.0. The van der Waals surface area contributed by atoms with Gasteiger partial charge in [-0.25, -0.2) is 8.42 Å². The van der Waals surface area contributed by atoms with Gasteiger partial charge in [0.15, 0.2) is 0 Å². The molecule has 0 amide bonds. The number of benzene rings is 5. The Morgan fingerprint density at radius 3 is 1.89 bits per heavy atom. The molecule has 6 rings (SSSR count). The Hall–Kier alpha value is -4.98. The summed E-state index contributed by atoms with van der Waals surface area (Å²) in [6.45, 7) is 1.87. The third kappa shape index (κ3) is 6.52. The van der Waals surface area contributed by atoms with E-state index in [-0.39, 0.29) is 17.9 Å². The van der Waals surface area contributed by atoms with Gasteiger partial charge in [-0.3, -0.25) is 4.79 Å². The van der Waals surface area contributed by atoms with Gasteiger partial charge in [0.1, 0.15) is 17.4 Å². The lowest BCUT2D eigenvalue weighted by Crippen LogP contribution is -2.44. The Balaban J connectivity index is 1.25. The van der Waals surface area contributed by atoms with Crippen LogP contribution in [0, 0.1) is 0 Å². The SMILES string of the molecule is CCOC(=O)[C@H](Cc1ccccc1)N(C)S(=O)(=O)c1ccc(-c2ccc(-c3c(Cc4ccccc4)oc4ccccc34)cc2)cc1. The minimum atomic E-state index is -3.99. The summed E-state index contributed by atoms with van der Waals surface area (Å²) in [5.41, 5.74) is 6.81. The van der Waals surface area contributed by atoms with Gasteiger partial charge in [0.2, 0.25) is 10.0 Å². The standard InChI is InChI=1S/C39H35NO5S/c1-3-44-39(41)35(26-28-12-6-4-7-13-28)40(2)46(42,43)33-24-22-31(23-25-33)30-18-20-32(21-19-30)38-34-16-10-11-17-36(34)45-37(38)27-29-14-8-5-9-15-29/h4-25,35H,3,26-27H2,1-2H3/t35-/m0/s1. The number of nitrogens with zero attached hydrogens (tertiary/aromatic N) is 1. The maximum Gasteiger partial charge on any atom is 0.324 e. The second kappa shape index (κ2) is 13.6. The van der Waals surface area contributed by atoms with Crippen molar-refractivity contribution in [3.63, 3.8) is 0 Å². The molecule has 7 heteroatoms. The Morgan fingerprint density at radius 1 is 0.717 bits per heavy atom. The molecule has 0 spiro atoms. The van der Waals surface area contributed by atoms with E-state index in [2.05, 4.69) is 30.3 Å². The molecule has 0 saturated heterocycles. The summed E-state index contributed by atoms with van der Waals surface area (Å²) in [5, 5.41) is 1.06. The molecular weight excluding hydrogens is 594 g/mol. The van der Waals surface area contributed by atoms with Crippen molar-refractivity contribution in [1.82, 2.24) is 4.31 Å². The van der Waals surface area contributed by atoms with Crippen molar-refractivity contribution in [2.45, 2.75) is 30.7 Å². The molecule has 1 aromatic heterocycles. The predicted octanol–water partition coefficient (Wildman–Crippen LogP) is 8.15. The molecule has 6 aromatic rings. The fourth-order valence-electron chi connectivity index (χ4n) is 5.74. The second-order valence-electron chi connectivity index (χ2n) is 11.1. The molecule has 0 fully saturated rings. The van der Waals surface area contributed by atoms with Crippen LogP contribution < -0.4 is 0 Å². The van der Waals surface area contributed by atoms with E-state index in [1.165, 1.54) is 12.6 Å². The Bertz CT molecular complexity index is 2040. The first-order chi connectivity index (χ1) is 22.3. The molecule has 0 radical (unpaired) electrons. The van der Waals surface area contributed by atoms with Crippen LogP contribution in [-0.2, 0) is 32.4 Å². The van der Waals surface area contributed by atoms with Crippen molar-refractivity contribution in [3.05, 3.63) is 150 Å². The summed E-state index contributed by atoms with van der Waals surface area (Å²) in [7, 11) is -2.56. The van der Waals surface area contributed by atoms with Crippen LogP contribution in [0.5, 0.6) is 0 Å². The molecule has 6 nitrogen and oxygen atoms in total. The van der Waals surface area contributed by atoms with Gasteiger partial charge >= 0.3 is 5.97 Å². The first-order valence-corrected chi connectivity index (χ1v) is 16.7. The smallest absolute Gasteiger partial charge is 0.324 e. The number of likely N-dealkylation sites (N-methyl/N-ethyl adjacent to an activating group) is 1. The molecule has 0 saturated carbocycles. The molecule has 1 atom stereocenters. The topological polar surface area (TPSA) is 76.8 Å². The van der Waals surface area contributed by atoms with Crippen molar-refractivity contribution in [2.75, 3.05) is 13.7 Å². The first kappa shape index (κ1) is 31.0. The maximum absolute atomic E-state index is 13.7. The van der Waals surface area contributed by atoms with Crippen LogP contribution in [-0.4, -0.2) is 38.4 Å². The molecule has 46 heavy (non-hydrogen) atoms. The monoisotopic (exact) mass is 629 g/mol. The summed E-state index contributed by atoms with van der Waals surface area (Å²) in [6.07, 6.45) is 0.887. The lowest BCUT2D eigenvalue weighted by Gasteiger charge is -2.26. The van der Waals surface area contributed by atoms with Crippen LogP contribution in [0.15, 0.2) is 143 Å². The third-order valence-corrected chi connectivity index (χ3v) is 10.1. The highest BCUT2D eigenvalue weighted by Gasteiger charge is 2.34. The molecule has 0 aliphatic carbocycles. The summed E-state index contributed by atoms with van der Waals surface area (Å²) >= 11 is 0. The summed E-state index contributed by atoms with van der Waals surface area (Å²) in [6, 6.07) is 41.7. The number of esters is 1. The van der Waals surface area contributed by atoms with Gasteiger partial charge in [0.05, 0.1) is 11.5 Å². The predicted molar refractivity (Wildman–Crippen MR) is 182 cm³/mol. The van der Waals surface area contributed by atoms with E-state index in [0.29, 0.717) is 6.42 Å². The molecule has 232 valence electrons. The lowest BCUT2D eigenvalue weighted by atomic mass is 9.96. The highest BCUT2D eigenvalue weighted by molar-refractivity contribution is 7.89. The Labute approximate surface area is 269 Å². The van der Waals surface area contributed by atoms with Crippen LogP contribution in [0.2, 0.25) is 0 Å². The van der Waals surface area contributed by atoms with Gasteiger partial charge in [-0.2, -0.15) is 4.31 Å². The molecule has 0 unspecified atom stereocenters. The van der Waals surface area contributed by atoms with Crippen molar-refractivity contribution >= 4 is 27.0 Å². The van der Waals surface area contributed by atoms with Crippen LogP contribution >= 0.6 is 0 Å². The van der Waals surface area contributed by atoms with Crippen LogP contribution in [0.3, 0.4) is 0 Å². The minimum absolute atomic E-state index is 0.105. The number of carbonyl (C=O) groups excluding carboxylic acids is 1. The van der Waals surface area contributed by atoms with E-state index < -0.39 is 22.0 Å². The van der Waals surface area contributed by atoms with E-state index in [1.54, 1.807) is 31.2 Å². The number of hydrogen-bond acceptors (Lipinski definition) is 5. The van der Waals surface area contributed by atoms with Gasteiger partial charge in [-0.1, -0.05) is 115 Å². The van der Waals surface area contributed by atoms with Crippen LogP contribution in [0.4, 0.5) is 0 Å². The molecule has 0 N–H and O–H groups in total. The fraction of sp³-hybridized carbons (Fsp3) is 0.154. The lowest BCUT2D eigenvalue weighted by molar-refractivity contribution is -0.147. The Morgan fingerprint density at radius 2 is 1.26 bits per heavy atom. The normalized spacial score (nSPS) is 12.3. The van der Waals surface area contributed by atoms with E-state index in [4.69, 9.17) is 9.15 Å². The largest absolute Gasteiger partial charge is 0.465 e. The molecule has 0 aliphatic heterocycles. The number of carbonyl (C=O) groups is 1. The van der Waals surface area contributed by atoms with Gasteiger partial charge in [-0.05, 0) is 59.4 Å². The third-order valence-electron chi connectivity index (χ3n) is 8.18. The average Bonchev–Trinajstić information content (AvgIpc) is 3.45. The number of rotatable bonds is 11. The molecular formula is C39H35NO5S. The molecule has 5 aromatic carbocycles. The zero-order chi connectivity index (χ0) is 32.1. The highest BCUT2D eigenvalue weighted by atomic mass is 32.2. The van der Waals surface area contributed by atoms with Crippen LogP contribution in [0.25, 0.3) is 33.2 Å². The van der Waals surface area contributed by atoms with Crippen molar-refractivity contribution < 1.29 is 22.4 Å². The van der Waals surface area contributed by atoms with E-state index in [9.17, 15) is 13.2 Å². The van der Waals surface area contributed by atoms with Gasteiger partial charge in [0.25, 0.3) is 0 Å². The van der Waals surface area contributed by atoms with Crippen molar-refractivity contribution in [2.24, 2.45) is 0 Å². The molecule has 0 aliphatic rings. The number of sulfonamides is 1. The van der Waals surface area contributed by atoms with E-state index >= 15 is 0 Å². The minimum Gasteiger partial charge on any atom is -0.465 e. The van der Waals surface area contributed by atoms with Crippen LogP contribution in [0.1, 0.15) is 23.8 Å². The van der Waals surface area contributed by atoms with Crippen molar-refractivity contribution in [3.8, 4) is 22.3 Å². The van der Waals surface area contributed by atoms with Gasteiger partial charge < -0.3 is 9.15 Å². The van der Waals surface area contributed by atoms with Gasteiger partial charge in [-0.15, -0.1) is 0 Å². The van der Waals surface area contributed by atoms with Gasteiger partial charge in [0, 0.05) is 24.4 Å². The summed E-state index contributed by atoms with van der Waals surface area (Å²) in [4.78, 5) is 13.0. The zero-order valence-electron chi connectivity index (χ0n) is 25.8. The average molecular weight is 630 g/mol. The molecule has 1 heterocycles. The highest BCUT2D eigenvalue weighted by Crippen LogP contribution is 2.37. The summed E-state index contributed by atoms with van der Waals surface area (Å²) in [5.74, 6) is 0.332. The van der Waals surface area contributed by atoms with E-state index in [0.717, 1.165) is 48.9 Å². The zero-order valence-corrected chi connectivity index (χ0v) is 26.6. The molecule has 0 bridgehead atoms. The van der Waals surface area contributed by atoms with Crippen molar-refractivity contribution in [1.29, 1.82) is 0 Å². The second-order valence-corrected chi connectivity index (χ2v) is 13.1. The number of fused-ring (bicyclic) bond motifs is 1. The number of ether oxygens (including phenoxy) is 1. The number of hydrogen-bond donors (Lipinski definition) is 0. The number of para-hydroxylation sites is 1. The maximum atomic E-state index is 13.7. The Kier molecular flexibility index (Phi) is 9.15. The fourth-order valence-corrected chi connectivity index (χ4v) is 7.05. The quantitative estimate of drug-likeness (QED) is 0.135.